The number of carbonyl (C=O) groups is 1. The summed E-state index contributed by atoms with van der Waals surface area (Å²) in [5.41, 5.74) is 0. The van der Waals surface area contributed by atoms with Gasteiger partial charge in [-0.05, 0) is 30.5 Å². The van der Waals surface area contributed by atoms with Crippen molar-refractivity contribution in [1.29, 1.82) is 0 Å². The van der Waals surface area contributed by atoms with Gasteiger partial charge in [0, 0.05) is 17.5 Å². The van der Waals surface area contributed by atoms with E-state index in [4.69, 9.17) is 21.1 Å². The Labute approximate surface area is 152 Å². The fourth-order valence-electron chi connectivity index (χ4n) is 2.44. The van der Waals surface area contributed by atoms with Crippen LogP contribution < -0.4 is 9.46 Å². The van der Waals surface area contributed by atoms with Crippen LogP contribution in [0.5, 0.6) is 5.75 Å². The fraction of sp³-hybridized carbons (Fsp3) is 0.562. The van der Waals surface area contributed by atoms with Gasteiger partial charge >= 0.3 is 5.97 Å². The number of sulfonamides is 1. The van der Waals surface area contributed by atoms with Crippen molar-refractivity contribution >= 4 is 27.6 Å². The molecule has 0 aromatic heterocycles. The summed E-state index contributed by atoms with van der Waals surface area (Å²) in [6.07, 6.45) is 0.850. The lowest BCUT2D eigenvalue weighted by molar-refractivity contribution is -0.140. The zero-order valence-corrected chi connectivity index (χ0v) is 15.6. The van der Waals surface area contributed by atoms with E-state index in [0.29, 0.717) is 19.8 Å². The standard InChI is InChI=1S/C16H22ClNO6S/c1-10(2)15(16(19)20)18-25(21,22)14-7-12(17)3-4-13(14)24-9-11-5-6-23-8-11/h3-4,7,10-11,15,18H,5-6,8-9H2,1-2H3,(H,19,20)/t11?,15-/m0/s1. The quantitative estimate of drug-likeness (QED) is 0.703. The van der Waals surface area contributed by atoms with Gasteiger partial charge in [0.05, 0.1) is 13.2 Å². The molecule has 1 fully saturated rings. The van der Waals surface area contributed by atoms with E-state index in [0.717, 1.165) is 6.42 Å². The Morgan fingerprint density at radius 3 is 2.76 bits per heavy atom. The second-order valence-electron chi connectivity index (χ2n) is 6.31. The molecular weight excluding hydrogens is 370 g/mol. The number of nitrogens with one attached hydrogen (secondary N) is 1. The van der Waals surface area contributed by atoms with E-state index in [9.17, 15) is 18.3 Å². The first kappa shape index (κ1) is 20.0. The van der Waals surface area contributed by atoms with Crippen LogP contribution in [0.2, 0.25) is 5.02 Å². The highest BCUT2D eigenvalue weighted by molar-refractivity contribution is 7.89. The number of ether oxygens (including phenoxy) is 2. The number of halogens is 1. The average Bonchev–Trinajstić information content (AvgIpc) is 3.04. The first-order valence-electron chi connectivity index (χ1n) is 7.96. The molecule has 1 saturated heterocycles. The molecule has 0 aliphatic carbocycles. The zero-order valence-electron chi connectivity index (χ0n) is 14.1. The largest absolute Gasteiger partial charge is 0.492 e. The van der Waals surface area contributed by atoms with Crippen LogP contribution in [-0.2, 0) is 19.6 Å². The molecule has 1 aliphatic heterocycles. The minimum atomic E-state index is -4.12. The number of carboxylic acid groups (broad SMARTS) is 1. The third-order valence-corrected chi connectivity index (χ3v) is 5.61. The van der Waals surface area contributed by atoms with Crippen LogP contribution >= 0.6 is 11.6 Å². The van der Waals surface area contributed by atoms with Crippen LogP contribution in [0.25, 0.3) is 0 Å². The number of rotatable bonds is 8. The van der Waals surface area contributed by atoms with Crippen molar-refractivity contribution < 1.29 is 27.8 Å². The van der Waals surface area contributed by atoms with Crippen molar-refractivity contribution in [2.75, 3.05) is 19.8 Å². The lowest BCUT2D eigenvalue weighted by Crippen LogP contribution is -2.44. The van der Waals surface area contributed by atoms with E-state index in [2.05, 4.69) is 4.72 Å². The van der Waals surface area contributed by atoms with E-state index in [1.807, 2.05) is 0 Å². The van der Waals surface area contributed by atoms with Crippen LogP contribution in [0.1, 0.15) is 20.3 Å². The van der Waals surface area contributed by atoms with Gasteiger partial charge in [-0.15, -0.1) is 0 Å². The van der Waals surface area contributed by atoms with Crippen molar-refractivity contribution in [2.45, 2.75) is 31.2 Å². The van der Waals surface area contributed by atoms with Gasteiger partial charge < -0.3 is 14.6 Å². The van der Waals surface area contributed by atoms with E-state index in [-0.39, 0.29) is 21.6 Å². The third-order valence-electron chi connectivity index (χ3n) is 3.91. The molecule has 1 aromatic rings. The van der Waals surface area contributed by atoms with Crippen molar-refractivity contribution in [3.05, 3.63) is 23.2 Å². The van der Waals surface area contributed by atoms with E-state index in [1.54, 1.807) is 13.8 Å². The average molecular weight is 392 g/mol. The number of hydrogen-bond acceptors (Lipinski definition) is 5. The van der Waals surface area contributed by atoms with Crippen LogP contribution in [-0.4, -0.2) is 45.4 Å². The third kappa shape index (κ3) is 5.31. The number of benzene rings is 1. The highest BCUT2D eigenvalue weighted by atomic mass is 35.5. The van der Waals surface area contributed by atoms with E-state index < -0.39 is 28.0 Å². The Morgan fingerprint density at radius 1 is 1.48 bits per heavy atom. The molecule has 1 heterocycles. The monoisotopic (exact) mass is 391 g/mol. The molecule has 0 radical (unpaired) electrons. The summed E-state index contributed by atoms with van der Waals surface area (Å²) in [7, 11) is -4.12. The molecule has 2 N–H and O–H groups in total. The molecule has 9 heteroatoms. The summed E-state index contributed by atoms with van der Waals surface area (Å²) in [4.78, 5) is 11.1. The fourth-order valence-corrected chi connectivity index (χ4v) is 4.18. The molecule has 0 amide bonds. The second-order valence-corrected chi connectivity index (χ2v) is 8.43. The maximum Gasteiger partial charge on any atom is 0.322 e. The molecule has 2 rings (SSSR count). The van der Waals surface area contributed by atoms with Crippen LogP contribution in [0.3, 0.4) is 0 Å². The maximum atomic E-state index is 12.7. The molecule has 1 unspecified atom stereocenters. The van der Waals surface area contributed by atoms with Gasteiger partial charge in [-0.3, -0.25) is 4.79 Å². The molecule has 1 aliphatic rings. The Kier molecular flexibility index (Phi) is 6.67. The summed E-state index contributed by atoms with van der Waals surface area (Å²) >= 11 is 5.93. The number of aliphatic carboxylic acids is 1. The normalized spacial score (nSPS) is 19.1. The highest BCUT2D eigenvalue weighted by Crippen LogP contribution is 2.29. The first-order valence-corrected chi connectivity index (χ1v) is 9.82. The van der Waals surface area contributed by atoms with Crippen molar-refractivity contribution in [1.82, 2.24) is 4.72 Å². The minimum Gasteiger partial charge on any atom is -0.492 e. The summed E-state index contributed by atoms with van der Waals surface area (Å²) in [5, 5.41) is 9.44. The van der Waals surface area contributed by atoms with E-state index in [1.165, 1.54) is 18.2 Å². The molecule has 140 valence electrons. The lowest BCUT2D eigenvalue weighted by atomic mass is 10.1. The van der Waals surface area contributed by atoms with E-state index >= 15 is 0 Å². The van der Waals surface area contributed by atoms with Gasteiger partial charge in [0.15, 0.2) is 0 Å². The topological polar surface area (TPSA) is 102 Å². The molecule has 0 spiro atoms. The molecule has 0 bridgehead atoms. The molecular formula is C16H22ClNO6S. The number of carboxylic acids is 1. The summed E-state index contributed by atoms with van der Waals surface area (Å²) in [6, 6.07) is 3.00. The van der Waals surface area contributed by atoms with Gasteiger partial charge in [-0.2, -0.15) is 4.72 Å². The highest BCUT2D eigenvalue weighted by Gasteiger charge is 2.30. The van der Waals surface area contributed by atoms with Gasteiger partial charge in [-0.25, -0.2) is 8.42 Å². The molecule has 7 nitrogen and oxygen atoms in total. The Bertz CT molecular complexity index is 715. The van der Waals surface area contributed by atoms with Gasteiger partial charge in [-0.1, -0.05) is 25.4 Å². The zero-order chi connectivity index (χ0) is 18.6. The molecule has 0 saturated carbocycles. The van der Waals surface area contributed by atoms with Gasteiger partial charge in [0.2, 0.25) is 10.0 Å². The van der Waals surface area contributed by atoms with Crippen molar-refractivity contribution in [2.24, 2.45) is 11.8 Å². The summed E-state index contributed by atoms with van der Waals surface area (Å²) in [6.45, 7) is 4.79. The Morgan fingerprint density at radius 2 is 2.20 bits per heavy atom. The number of hydrogen-bond donors (Lipinski definition) is 2. The summed E-state index contributed by atoms with van der Waals surface area (Å²) in [5.74, 6) is -1.34. The Balaban J connectivity index is 2.25. The van der Waals surface area contributed by atoms with Gasteiger partial charge in [0.25, 0.3) is 0 Å². The second kappa shape index (κ2) is 8.35. The lowest BCUT2D eigenvalue weighted by Gasteiger charge is -2.20. The van der Waals surface area contributed by atoms with Crippen LogP contribution in [0, 0.1) is 11.8 Å². The van der Waals surface area contributed by atoms with Gasteiger partial charge in [0.1, 0.15) is 16.7 Å². The van der Waals surface area contributed by atoms with Crippen LogP contribution in [0.15, 0.2) is 23.1 Å². The van der Waals surface area contributed by atoms with Crippen molar-refractivity contribution in [3.8, 4) is 5.75 Å². The molecule has 25 heavy (non-hydrogen) atoms. The summed E-state index contributed by atoms with van der Waals surface area (Å²) < 4.78 is 38.5. The van der Waals surface area contributed by atoms with Crippen molar-refractivity contribution in [3.63, 3.8) is 0 Å². The Hall–Kier alpha value is -1.35. The SMILES string of the molecule is CC(C)[C@H](NS(=O)(=O)c1cc(Cl)ccc1OCC1CCOC1)C(=O)O. The van der Waals surface area contributed by atoms with Crippen LogP contribution in [0.4, 0.5) is 0 Å². The predicted molar refractivity (Wildman–Crippen MR) is 92.5 cm³/mol. The smallest absolute Gasteiger partial charge is 0.322 e. The predicted octanol–water partition coefficient (Wildman–Crippen LogP) is 2.14. The minimum absolute atomic E-state index is 0.136. The molecule has 2 atom stereocenters. The maximum absolute atomic E-state index is 12.7. The first-order chi connectivity index (χ1) is 11.7. The molecule has 1 aromatic carbocycles.